The first kappa shape index (κ1) is 19.5. The Labute approximate surface area is 165 Å². The van der Waals surface area contributed by atoms with Gasteiger partial charge < -0.3 is 14.8 Å². The van der Waals surface area contributed by atoms with Gasteiger partial charge in [0.25, 0.3) is 5.91 Å². The number of amides is 1. The zero-order valence-electron chi connectivity index (χ0n) is 16.4. The van der Waals surface area contributed by atoms with Gasteiger partial charge in [0.15, 0.2) is 0 Å². The zero-order valence-corrected chi connectivity index (χ0v) is 17.2. The molecule has 0 saturated carbocycles. The van der Waals surface area contributed by atoms with Gasteiger partial charge in [-0.2, -0.15) is 0 Å². The van der Waals surface area contributed by atoms with E-state index in [4.69, 9.17) is 0 Å². The standard InChI is InChI=1S/C22H27N3OS/c1-5-27-21-13-9-7-11-17(21)22(26)23-14-20(24(2)3)18-15-25(4)19-12-8-6-10-16(18)19/h6-13,15,20H,5,14H2,1-4H3,(H,23,26). The fraction of sp³-hybridized carbons (Fsp3) is 0.318. The number of aromatic nitrogens is 1. The smallest absolute Gasteiger partial charge is 0.252 e. The van der Waals surface area contributed by atoms with Crippen LogP contribution in [0.2, 0.25) is 0 Å². The van der Waals surface area contributed by atoms with Gasteiger partial charge in [-0.25, -0.2) is 0 Å². The molecular weight excluding hydrogens is 354 g/mol. The fourth-order valence-electron chi connectivity index (χ4n) is 3.43. The van der Waals surface area contributed by atoms with Crippen molar-refractivity contribution < 1.29 is 4.79 Å². The number of fused-ring (bicyclic) bond motifs is 1. The van der Waals surface area contributed by atoms with Crippen LogP contribution in [0.4, 0.5) is 0 Å². The Morgan fingerprint density at radius 3 is 2.59 bits per heavy atom. The molecule has 1 atom stereocenters. The molecule has 0 aliphatic carbocycles. The summed E-state index contributed by atoms with van der Waals surface area (Å²) in [6.45, 7) is 2.66. The van der Waals surface area contributed by atoms with Crippen LogP contribution in [-0.4, -0.2) is 41.8 Å². The molecule has 0 aliphatic rings. The van der Waals surface area contributed by atoms with Gasteiger partial charge in [-0.05, 0) is 43.6 Å². The first-order valence-corrected chi connectivity index (χ1v) is 10.2. The van der Waals surface area contributed by atoms with Gasteiger partial charge in [0.1, 0.15) is 0 Å². The zero-order chi connectivity index (χ0) is 19.4. The number of para-hydroxylation sites is 1. The summed E-state index contributed by atoms with van der Waals surface area (Å²) in [6.07, 6.45) is 2.17. The molecule has 1 amide bonds. The summed E-state index contributed by atoms with van der Waals surface area (Å²) in [5, 5.41) is 4.38. The minimum Gasteiger partial charge on any atom is -0.350 e. The van der Waals surface area contributed by atoms with E-state index < -0.39 is 0 Å². The van der Waals surface area contributed by atoms with Crippen molar-refractivity contribution in [1.82, 2.24) is 14.8 Å². The number of carbonyl (C=O) groups excluding carboxylic acids is 1. The molecule has 1 heterocycles. The van der Waals surface area contributed by atoms with Crippen LogP contribution < -0.4 is 5.32 Å². The number of nitrogens with one attached hydrogen (secondary N) is 1. The second kappa shape index (κ2) is 8.63. The van der Waals surface area contributed by atoms with Crippen molar-refractivity contribution in [3.8, 4) is 0 Å². The first-order valence-electron chi connectivity index (χ1n) is 9.23. The maximum atomic E-state index is 12.8. The highest BCUT2D eigenvalue weighted by molar-refractivity contribution is 7.99. The quantitative estimate of drug-likeness (QED) is 0.619. The number of thioether (sulfide) groups is 1. The fourth-order valence-corrected chi connectivity index (χ4v) is 4.23. The topological polar surface area (TPSA) is 37.3 Å². The molecule has 2 aromatic carbocycles. The average molecular weight is 382 g/mol. The van der Waals surface area contributed by atoms with Crippen molar-refractivity contribution in [2.75, 3.05) is 26.4 Å². The van der Waals surface area contributed by atoms with E-state index in [2.05, 4.69) is 73.3 Å². The van der Waals surface area contributed by atoms with Gasteiger partial charge in [0.05, 0.1) is 11.6 Å². The summed E-state index contributed by atoms with van der Waals surface area (Å²) >= 11 is 1.70. The molecule has 5 heteroatoms. The number of nitrogens with zero attached hydrogens (tertiary/aromatic N) is 2. The summed E-state index contributed by atoms with van der Waals surface area (Å²) in [7, 11) is 6.17. The number of hydrogen-bond acceptors (Lipinski definition) is 3. The van der Waals surface area contributed by atoms with Gasteiger partial charge >= 0.3 is 0 Å². The number of aryl methyl sites for hydroxylation is 1. The molecule has 1 aromatic heterocycles. The SMILES string of the molecule is CCSc1ccccc1C(=O)NCC(c1cn(C)c2ccccc12)N(C)C. The summed E-state index contributed by atoms with van der Waals surface area (Å²) in [5.41, 5.74) is 3.18. The number of carbonyl (C=O) groups is 1. The maximum Gasteiger partial charge on any atom is 0.252 e. The molecule has 3 rings (SSSR count). The highest BCUT2D eigenvalue weighted by atomic mass is 32.2. The number of likely N-dealkylation sites (N-methyl/N-ethyl adjacent to an activating group) is 1. The molecule has 1 unspecified atom stereocenters. The van der Waals surface area contributed by atoms with Gasteiger partial charge in [-0.1, -0.05) is 37.3 Å². The summed E-state index contributed by atoms with van der Waals surface area (Å²) in [6, 6.07) is 16.3. The molecule has 0 aliphatic heterocycles. The predicted molar refractivity (Wildman–Crippen MR) is 115 cm³/mol. The monoisotopic (exact) mass is 381 g/mol. The van der Waals surface area contributed by atoms with Crippen LogP contribution in [-0.2, 0) is 7.05 Å². The summed E-state index contributed by atoms with van der Waals surface area (Å²) in [4.78, 5) is 16.0. The number of rotatable bonds is 7. The van der Waals surface area contributed by atoms with Crippen molar-refractivity contribution in [1.29, 1.82) is 0 Å². The van der Waals surface area contributed by atoms with Gasteiger partial charge in [-0.3, -0.25) is 4.79 Å². The van der Waals surface area contributed by atoms with Crippen molar-refractivity contribution in [2.24, 2.45) is 7.05 Å². The highest BCUT2D eigenvalue weighted by Gasteiger charge is 2.21. The Morgan fingerprint density at radius 2 is 1.85 bits per heavy atom. The number of benzene rings is 2. The molecule has 3 aromatic rings. The highest BCUT2D eigenvalue weighted by Crippen LogP contribution is 2.28. The summed E-state index contributed by atoms with van der Waals surface area (Å²) < 4.78 is 2.15. The van der Waals surface area contributed by atoms with E-state index in [9.17, 15) is 4.79 Å². The van der Waals surface area contributed by atoms with E-state index in [0.29, 0.717) is 6.54 Å². The Balaban J connectivity index is 1.83. The van der Waals surface area contributed by atoms with Crippen LogP contribution >= 0.6 is 11.8 Å². The van der Waals surface area contributed by atoms with E-state index >= 15 is 0 Å². The molecule has 0 radical (unpaired) electrons. The molecule has 142 valence electrons. The Morgan fingerprint density at radius 1 is 1.15 bits per heavy atom. The molecule has 0 spiro atoms. The Kier molecular flexibility index (Phi) is 6.24. The third-order valence-electron chi connectivity index (χ3n) is 4.80. The second-order valence-electron chi connectivity index (χ2n) is 6.83. The van der Waals surface area contributed by atoms with Crippen molar-refractivity contribution in [3.63, 3.8) is 0 Å². The van der Waals surface area contributed by atoms with E-state index in [1.165, 1.54) is 16.5 Å². The van der Waals surface area contributed by atoms with Gasteiger partial charge in [-0.15, -0.1) is 11.8 Å². The minimum atomic E-state index is -0.0152. The average Bonchev–Trinajstić information content (AvgIpc) is 2.99. The summed E-state index contributed by atoms with van der Waals surface area (Å²) in [5.74, 6) is 0.930. The van der Waals surface area contributed by atoms with Gasteiger partial charge in [0.2, 0.25) is 0 Å². The lowest BCUT2D eigenvalue weighted by Gasteiger charge is -2.24. The minimum absolute atomic E-state index is 0.0152. The molecule has 1 N–H and O–H groups in total. The normalized spacial score (nSPS) is 12.5. The van der Waals surface area contributed by atoms with Crippen LogP contribution in [0.5, 0.6) is 0 Å². The van der Waals surface area contributed by atoms with E-state index in [1.807, 2.05) is 24.3 Å². The van der Waals surface area contributed by atoms with E-state index in [1.54, 1.807) is 11.8 Å². The van der Waals surface area contributed by atoms with Crippen molar-refractivity contribution in [2.45, 2.75) is 17.9 Å². The van der Waals surface area contributed by atoms with Crippen molar-refractivity contribution >= 4 is 28.6 Å². The molecule has 0 fully saturated rings. The lowest BCUT2D eigenvalue weighted by atomic mass is 10.0. The van der Waals surface area contributed by atoms with Crippen LogP contribution in [0.3, 0.4) is 0 Å². The van der Waals surface area contributed by atoms with Crippen molar-refractivity contribution in [3.05, 3.63) is 65.9 Å². The van der Waals surface area contributed by atoms with Crippen LogP contribution in [0, 0.1) is 0 Å². The molecule has 0 bridgehead atoms. The lowest BCUT2D eigenvalue weighted by molar-refractivity contribution is 0.0939. The third kappa shape index (κ3) is 4.20. The Hall–Kier alpha value is -2.24. The molecule has 4 nitrogen and oxygen atoms in total. The molecular formula is C22H27N3OS. The third-order valence-corrected chi connectivity index (χ3v) is 5.75. The molecule has 27 heavy (non-hydrogen) atoms. The van der Waals surface area contributed by atoms with Gasteiger partial charge in [0, 0.05) is 35.6 Å². The van der Waals surface area contributed by atoms with Crippen LogP contribution in [0.1, 0.15) is 28.9 Å². The maximum absolute atomic E-state index is 12.8. The molecule has 0 saturated heterocycles. The van der Waals surface area contributed by atoms with E-state index in [0.717, 1.165) is 16.2 Å². The van der Waals surface area contributed by atoms with Crippen LogP contribution in [0.15, 0.2) is 59.6 Å². The lowest BCUT2D eigenvalue weighted by Crippen LogP contribution is -2.34. The number of hydrogen-bond donors (Lipinski definition) is 1. The Bertz CT molecular complexity index is 932. The first-order chi connectivity index (χ1) is 13.0. The van der Waals surface area contributed by atoms with E-state index in [-0.39, 0.29) is 11.9 Å². The largest absolute Gasteiger partial charge is 0.350 e. The second-order valence-corrected chi connectivity index (χ2v) is 8.14. The predicted octanol–water partition coefficient (Wildman–Crippen LogP) is 4.32. The van der Waals surface area contributed by atoms with Crippen LogP contribution in [0.25, 0.3) is 10.9 Å².